The van der Waals surface area contributed by atoms with Crippen LogP contribution in [0.15, 0.2) is 85.4 Å². The van der Waals surface area contributed by atoms with Crippen LogP contribution in [0.2, 0.25) is 0 Å². The van der Waals surface area contributed by atoms with E-state index in [0.29, 0.717) is 6.54 Å². The summed E-state index contributed by atoms with van der Waals surface area (Å²) < 4.78 is 5.10. The van der Waals surface area contributed by atoms with Crippen LogP contribution in [0.3, 0.4) is 0 Å². The van der Waals surface area contributed by atoms with Gasteiger partial charge >= 0.3 is 11.9 Å². The van der Waals surface area contributed by atoms with Crippen LogP contribution < -0.4 is 11.1 Å². The van der Waals surface area contributed by atoms with Crippen molar-refractivity contribution in [3.8, 4) is 11.1 Å². The molecule has 3 aromatic carbocycles. The van der Waals surface area contributed by atoms with E-state index in [1.165, 1.54) is 0 Å². The van der Waals surface area contributed by atoms with Crippen molar-refractivity contribution in [1.29, 1.82) is 0 Å². The molecule has 0 bridgehead atoms. The fourth-order valence-electron chi connectivity index (χ4n) is 3.25. The second kappa shape index (κ2) is 11.5. The van der Waals surface area contributed by atoms with Crippen LogP contribution in [-0.2, 0) is 20.9 Å². The maximum absolute atomic E-state index is 12.7. The Morgan fingerprint density at radius 3 is 2.15 bits per heavy atom. The third-order valence-corrected chi connectivity index (χ3v) is 5.15. The van der Waals surface area contributed by atoms with Crippen LogP contribution in [0.5, 0.6) is 0 Å². The third kappa shape index (κ3) is 6.98. The van der Waals surface area contributed by atoms with Gasteiger partial charge in [-0.2, -0.15) is 0 Å². The van der Waals surface area contributed by atoms with Gasteiger partial charge in [0.25, 0.3) is 0 Å². The second-order valence-electron chi connectivity index (χ2n) is 7.54. The summed E-state index contributed by atoms with van der Waals surface area (Å²) in [7, 11) is 0. The number of esters is 2. The fourth-order valence-corrected chi connectivity index (χ4v) is 3.25. The van der Waals surface area contributed by atoms with Crippen molar-refractivity contribution >= 4 is 23.9 Å². The van der Waals surface area contributed by atoms with Crippen LogP contribution in [0.25, 0.3) is 17.2 Å². The lowest BCUT2D eigenvalue weighted by Crippen LogP contribution is -2.39. The van der Waals surface area contributed by atoms with Crippen molar-refractivity contribution in [3.05, 3.63) is 102 Å². The third-order valence-electron chi connectivity index (χ3n) is 5.15. The van der Waals surface area contributed by atoms with Crippen molar-refractivity contribution in [3.63, 3.8) is 0 Å². The summed E-state index contributed by atoms with van der Waals surface area (Å²) in [6.07, 6.45) is 1.85. The highest BCUT2D eigenvalue weighted by Crippen LogP contribution is 2.19. The molecule has 0 radical (unpaired) electrons. The fraction of sp³-hybridized carbons (Fsp3) is 0.148. The Bertz CT molecular complexity index is 1110. The Morgan fingerprint density at radius 2 is 1.55 bits per heavy atom. The van der Waals surface area contributed by atoms with Gasteiger partial charge in [0.1, 0.15) is 6.04 Å². The van der Waals surface area contributed by atoms with Gasteiger partial charge in [-0.1, -0.05) is 79.4 Å². The Balaban J connectivity index is 1.63. The maximum Gasteiger partial charge on any atom is 0.345 e. The minimum absolute atomic E-state index is 0.0118. The molecule has 0 unspecified atom stereocenters. The zero-order valence-corrected chi connectivity index (χ0v) is 18.2. The Labute approximate surface area is 193 Å². The van der Waals surface area contributed by atoms with Gasteiger partial charge in [0.2, 0.25) is 5.91 Å². The Hall–Kier alpha value is -4.03. The highest BCUT2D eigenvalue weighted by molar-refractivity contribution is 5.98. The normalized spacial score (nSPS) is 11.4. The number of hydrogen-bond donors (Lipinski definition) is 2. The number of primary amides is 1. The molecule has 0 aliphatic heterocycles. The van der Waals surface area contributed by atoms with Crippen molar-refractivity contribution in [2.24, 2.45) is 5.73 Å². The maximum atomic E-state index is 12.7. The molecule has 33 heavy (non-hydrogen) atoms. The van der Waals surface area contributed by atoms with Gasteiger partial charge in [0.15, 0.2) is 0 Å². The molecule has 6 heteroatoms. The van der Waals surface area contributed by atoms with Crippen molar-refractivity contribution in [2.75, 3.05) is 0 Å². The standard InChI is InChI=1S/C27H26N2O4/c1-2-19-8-10-20(11-9-19)18-29-24(16-17-25(28)30)27(32)33-26(31)23-14-12-22(13-15-23)21-6-4-3-5-7-21/h2-15,24,29H,1,16-18H2,(H2,28,30)/t24-/m0/s1. The second-order valence-corrected chi connectivity index (χ2v) is 7.54. The molecule has 1 amide bonds. The number of rotatable bonds is 10. The number of nitrogens with one attached hydrogen (secondary N) is 1. The monoisotopic (exact) mass is 442 g/mol. The summed E-state index contributed by atoms with van der Waals surface area (Å²) in [5.41, 5.74) is 9.38. The van der Waals surface area contributed by atoms with E-state index in [-0.39, 0.29) is 18.4 Å². The molecule has 0 aromatic heterocycles. The van der Waals surface area contributed by atoms with Crippen molar-refractivity contribution < 1.29 is 19.1 Å². The molecule has 0 aliphatic rings. The molecule has 168 valence electrons. The average Bonchev–Trinajstić information content (AvgIpc) is 2.84. The first-order chi connectivity index (χ1) is 16.0. The summed E-state index contributed by atoms with van der Waals surface area (Å²) in [6, 6.07) is 23.3. The number of amides is 1. The molecule has 3 rings (SSSR count). The van der Waals surface area contributed by atoms with E-state index in [0.717, 1.165) is 22.3 Å². The van der Waals surface area contributed by atoms with Gasteiger partial charge < -0.3 is 15.8 Å². The first-order valence-electron chi connectivity index (χ1n) is 10.6. The molecule has 3 N–H and O–H groups in total. The van der Waals surface area contributed by atoms with Gasteiger partial charge in [0, 0.05) is 13.0 Å². The van der Waals surface area contributed by atoms with E-state index in [9.17, 15) is 14.4 Å². The summed E-state index contributed by atoms with van der Waals surface area (Å²) in [6.45, 7) is 4.08. The predicted molar refractivity (Wildman–Crippen MR) is 128 cm³/mol. The van der Waals surface area contributed by atoms with Crippen LogP contribution in [0.1, 0.15) is 34.3 Å². The molecule has 0 spiro atoms. The van der Waals surface area contributed by atoms with E-state index >= 15 is 0 Å². The zero-order valence-electron chi connectivity index (χ0n) is 18.2. The topological polar surface area (TPSA) is 98.5 Å². The molecule has 6 nitrogen and oxygen atoms in total. The number of ether oxygens (including phenoxy) is 1. The lowest BCUT2D eigenvalue weighted by molar-refractivity contribution is -0.140. The van der Waals surface area contributed by atoms with Gasteiger partial charge in [-0.25, -0.2) is 9.59 Å². The lowest BCUT2D eigenvalue weighted by Gasteiger charge is -2.16. The van der Waals surface area contributed by atoms with Crippen LogP contribution >= 0.6 is 0 Å². The molecule has 0 saturated heterocycles. The van der Waals surface area contributed by atoms with Crippen molar-refractivity contribution in [1.82, 2.24) is 5.32 Å². The quantitative estimate of drug-likeness (QED) is 0.364. The molecule has 0 saturated carbocycles. The predicted octanol–water partition coefficient (Wildman–Crippen LogP) is 4.10. The molecule has 3 aromatic rings. The first-order valence-corrected chi connectivity index (χ1v) is 10.6. The summed E-state index contributed by atoms with van der Waals surface area (Å²) in [5, 5.41) is 3.06. The van der Waals surface area contributed by atoms with Gasteiger partial charge in [-0.3, -0.25) is 4.79 Å². The molecule has 0 fully saturated rings. The van der Waals surface area contributed by atoms with Crippen LogP contribution in [0, 0.1) is 0 Å². The Morgan fingerprint density at radius 1 is 0.909 bits per heavy atom. The smallest absolute Gasteiger partial charge is 0.345 e. The van der Waals surface area contributed by atoms with E-state index in [4.69, 9.17) is 10.5 Å². The minimum atomic E-state index is -0.857. The Kier molecular flexibility index (Phi) is 8.27. The highest BCUT2D eigenvalue weighted by Gasteiger charge is 2.24. The molecule has 0 aliphatic carbocycles. The SMILES string of the molecule is C=Cc1ccc(CN[C@@H](CCC(N)=O)C(=O)OC(=O)c2ccc(-c3ccccc3)cc2)cc1. The summed E-state index contributed by atoms with van der Waals surface area (Å²) in [4.78, 5) is 36.4. The first kappa shape index (κ1) is 23.6. The minimum Gasteiger partial charge on any atom is -0.388 e. The molecular formula is C27H26N2O4. The number of benzene rings is 3. The van der Waals surface area contributed by atoms with Crippen LogP contribution in [-0.4, -0.2) is 23.9 Å². The number of hydrogen-bond acceptors (Lipinski definition) is 5. The average molecular weight is 443 g/mol. The molecule has 0 heterocycles. The molecular weight excluding hydrogens is 416 g/mol. The lowest BCUT2D eigenvalue weighted by atomic mass is 10.0. The number of carbonyl (C=O) groups excluding carboxylic acids is 3. The zero-order chi connectivity index (χ0) is 23.6. The van der Waals surface area contributed by atoms with Gasteiger partial charge in [-0.05, 0) is 40.8 Å². The van der Waals surface area contributed by atoms with E-state index in [1.54, 1.807) is 30.3 Å². The van der Waals surface area contributed by atoms with E-state index in [1.807, 2.05) is 54.6 Å². The van der Waals surface area contributed by atoms with Gasteiger partial charge in [-0.15, -0.1) is 0 Å². The van der Waals surface area contributed by atoms with E-state index in [2.05, 4.69) is 11.9 Å². The summed E-state index contributed by atoms with van der Waals surface area (Å²) >= 11 is 0. The largest absolute Gasteiger partial charge is 0.388 e. The van der Waals surface area contributed by atoms with Crippen LogP contribution in [0.4, 0.5) is 0 Å². The van der Waals surface area contributed by atoms with Crippen molar-refractivity contribution in [2.45, 2.75) is 25.4 Å². The highest BCUT2D eigenvalue weighted by atomic mass is 16.6. The number of nitrogens with two attached hydrogens (primary N) is 1. The number of carbonyl (C=O) groups is 3. The van der Waals surface area contributed by atoms with Gasteiger partial charge in [0.05, 0.1) is 5.56 Å². The van der Waals surface area contributed by atoms with E-state index < -0.39 is 23.9 Å². The molecule has 1 atom stereocenters. The summed E-state index contributed by atoms with van der Waals surface area (Å²) in [5.74, 6) is -2.04.